The lowest BCUT2D eigenvalue weighted by Gasteiger charge is -2.32. The van der Waals surface area contributed by atoms with E-state index in [1.165, 1.54) is 14.2 Å². The number of nitriles is 1. The molecule has 0 fully saturated rings. The van der Waals surface area contributed by atoms with Crippen LogP contribution in [0.25, 0.3) is 10.9 Å². The fraction of sp³-hybridized carbons (Fsp3) is 0.227. The molecule has 0 amide bonds. The summed E-state index contributed by atoms with van der Waals surface area (Å²) in [5, 5.41) is 20.9. The van der Waals surface area contributed by atoms with E-state index in [-0.39, 0.29) is 6.61 Å². The maximum absolute atomic E-state index is 12.3. The SMILES string of the molecule is COCC(C#N)(C(=O)O)C(c1cnc2ccccc2c1)c1ccccc1OC. The fourth-order valence-electron chi connectivity index (χ4n) is 3.52. The van der Waals surface area contributed by atoms with E-state index in [0.29, 0.717) is 16.9 Å². The number of nitrogens with zero attached hydrogens (tertiary/aromatic N) is 2. The third-order valence-corrected chi connectivity index (χ3v) is 4.84. The number of carboxylic acids is 1. The van der Waals surface area contributed by atoms with Gasteiger partial charge < -0.3 is 14.6 Å². The molecule has 0 saturated heterocycles. The normalized spacial score (nSPS) is 14.0. The molecule has 0 bridgehead atoms. The van der Waals surface area contributed by atoms with E-state index in [1.54, 1.807) is 30.5 Å². The van der Waals surface area contributed by atoms with Crippen LogP contribution in [-0.2, 0) is 9.53 Å². The van der Waals surface area contributed by atoms with Crippen LogP contribution in [0.3, 0.4) is 0 Å². The zero-order valence-corrected chi connectivity index (χ0v) is 15.6. The van der Waals surface area contributed by atoms with Crippen molar-refractivity contribution in [1.82, 2.24) is 4.98 Å². The van der Waals surface area contributed by atoms with Gasteiger partial charge in [-0.2, -0.15) is 5.26 Å². The first-order valence-corrected chi connectivity index (χ1v) is 8.68. The summed E-state index contributed by atoms with van der Waals surface area (Å²) in [6.45, 7) is -0.283. The Labute approximate surface area is 163 Å². The van der Waals surface area contributed by atoms with Crippen LogP contribution in [0.2, 0.25) is 0 Å². The third-order valence-electron chi connectivity index (χ3n) is 4.84. The van der Waals surface area contributed by atoms with Gasteiger partial charge in [0.15, 0.2) is 5.41 Å². The van der Waals surface area contributed by atoms with E-state index < -0.39 is 17.3 Å². The minimum absolute atomic E-state index is 0.283. The standard InChI is InChI=1S/C22H20N2O4/c1-27-14-22(13-23,21(25)26)20(17-8-4-6-10-19(17)28-2)16-11-15-7-3-5-9-18(15)24-12-16/h3-12,20H,14H2,1-2H3,(H,25,26). The van der Waals surface area contributed by atoms with Gasteiger partial charge in [0.1, 0.15) is 5.75 Å². The zero-order chi connectivity index (χ0) is 20.1. The van der Waals surface area contributed by atoms with E-state index in [4.69, 9.17) is 9.47 Å². The van der Waals surface area contributed by atoms with Gasteiger partial charge in [-0.15, -0.1) is 0 Å². The Kier molecular flexibility index (Phi) is 5.57. The molecule has 0 radical (unpaired) electrons. The van der Waals surface area contributed by atoms with Crippen molar-refractivity contribution in [2.24, 2.45) is 5.41 Å². The molecule has 1 N–H and O–H groups in total. The molecule has 3 aromatic rings. The first-order valence-electron chi connectivity index (χ1n) is 8.68. The van der Waals surface area contributed by atoms with Crippen LogP contribution in [0.4, 0.5) is 0 Å². The van der Waals surface area contributed by atoms with Crippen LogP contribution in [-0.4, -0.2) is 36.9 Å². The van der Waals surface area contributed by atoms with Gasteiger partial charge in [-0.05, 0) is 23.8 Å². The van der Waals surface area contributed by atoms with Crippen molar-refractivity contribution in [2.75, 3.05) is 20.8 Å². The minimum atomic E-state index is -1.85. The lowest BCUT2D eigenvalue weighted by Crippen LogP contribution is -2.41. The highest BCUT2D eigenvalue weighted by molar-refractivity contribution is 5.83. The summed E-state index contributed by atoms with van der Waals surface area (Å²) in [5.74, 6) is -1.61. The first-order chi connectivity index (χ1) is 13.6. The number of ether oxygens (including phenoxy) is 2. The molecule has 28 heavy (non-hydrogen) atoms. The van der Waals surface area contributed by atoms with Gasteiger partial charge in [-0.25, -0.2) is 0 Å². The van der Waals surface area contributed by atoms with E-state index >= 15 is 0 Å². The molecular weight excluding hydrogens is 356 g/mol. The number of fused-ring (bicyclic) bond motifs is 1. The van der Waals surface area contributed by atoms with Crippen molar-refractivity contribution in [3.63, 3.8) is 0 Å². The number of hydrogen-bond acceptors (Lipinski definition) is 5. The predicted molar refractivity (Wildman–Crippen MR) is 104 cm³/mol. The van der Waals surface area contributed by atoms with E-state index in [9.17, 15) is 15.2 Å². The van der Waals surface area contributed by atoms with Gasteiger partial charge >= 0.3 is 5.97 Å². The number of rotatable bonds is 7. The summed E-state index contributed by atoms with van der Waals surface area (Å²) in [7, 11) is 2.90. The molecule has 6 nitrogen and oxygen atoms in total. The Hall–Kier alpha value is -3.43. The van der Waals surface area contributed by atoms with Gasteiger partial charge in [-0.1, -0.05) is 36.4 Å². The van der Waals surface area contributed by atoms with E-state index in [2.05, 4.69) is 4.98 Å². The molecule has 6 heteroatoms. The number of methoxy groups -OCH3 is 2. The highest BCUT2D eigenvalue weighted by Gasteiger charge is 2.49. The molecule has 2 atom stereocenters. The number of aromatic nitrogens is 1. The summed E-state index contributed by atoms with van der Waals surface area (Å²) in [6, 6.07) is 18.5. The van der Waals surface area contributed by atoms with Crippen molar-refractivity contribution < 1.29 is 19.4 Å². The highest BCUT2D eigenvalue weighted by atomic mass is 16.5. The summed E-state index contributed by atoms with van der Waals surface area (Å²) >= 11 is 0. The fourth-order valence-corrected chi connectivity index (χ4v) is 3.52. The van der Waals surface area contributed by atoms with Crippen LogP contribution in [0.15, 0.2) is 60.8 Å². The summed E-state index contributed by atoms with van der Waals surface area (Å²) < 4.78 is 10.6. The second-order valence-electron chi connectivity index (χ2n) is 6.46. The van der Waals surface area contributed by atoms with Gasteiger partial charge in [0.2, 0.25) is 0 Å². The summed E-state index contributed by atoms with van der Waals surface area (Å²) in [5.41, 5.74) is 0.120. The Balaban J connectivity index is 2.32. The van der Waals surface area contributed by atoms with Crippen molar-refractivity contribution in [1.29, 1.82) is 5.26 Å². The van der Waals surface area contributed by atoms with Gasteiger partial charge in [0.25, 0.3) is 0 Å². The highest BCUT2D eigenvalue weighted by Crippen LogP contribution is 2.45. The predicted octanol–water partition coefficient (Wildman–Crippen LogP) is 3.62. The Morgan fingerprint density at radius 1 is 1.21 bits per heavy atom. The average Bonchev–Trinajstić information content (AvgIpc) is 2.73. The number of carbonyl (C=O) groups is 1. The van der Waals surface area contributed by atoms with Crippen molar-refractivity contribution in [3.8, 4) is 11.8 Å². The molecule has 2 aromatic carbocycles. The molecule has 142 valence electrons. The molecule has 0 aliphatic carbocycles. The van der Waals surface area contributed by atoms with Crippen molar-refractivity contribution in [3.05, 3.63) is 71.9 Å². The monoisotopic (exact) mass is 376 g/mol. The number of hydrogen-bond donors (Lipinski definition) is 1. The van der Waals surface area contributed by atoms with Crippen LogP contribution < -0.4 is 4.74 Å². The van der Waals surface area contributed by atoms with Crippen LogP contribution in [0, 0.1) is 16.7 Å². The molecule has 3 rings (SSSR count). The van der Waals surface area contributed by atoms with Gasteiger partial charge in [0.05, 0.1) is 25.3 Å². The lowest BCUT2D eigenvalue weighted by atomic mass is 9.70. The molecule has 0 spiro atoms. The summed E-state index contributed by atoms with van der Waals surface area (Å²) in [6.07, 6.45) is 1.62. The number of aliphatic carboxylic acids is 1. The summed E-state index contributed by atoms with van der Waals surface area (Å²) in [4.78, 5) is 16.8. The number of para-hydroxylation sites is 2. The van der Waals surface area contributed by atoms with Crippen molar-refractivity contribution in [2.45, 2.75) is 5.92 Å². The second kappa shape index (κ2) is 8.07. The smallest absolute Gasteiger partial charge is 0.327 e. The number of pyridine rings is 1. The molecule has 0 aliphatic rings. The van der Waals surface area contributed by atoms with Crippen molar-refractivity contribution >= 4 is 16.9 Å². The van der Waals surface area contributed by atoms with E-state index in [0.717, 1.165) is 10.9 Å². The molecular formula is C22H20N2O4. The Morgan fingerprint density at radius 2 is 1.93 bits per heavy atom. The minimum Gasteiger partial charge on any atom is -0.496 e. The quantitative estimate of drug-likeness (QED) is 0.677. The van der Waals surface area contributed by atoms with Crippen LogP contribution >= 0.6 is 0 Å². The first kappa shape index (κ1) is 19.3. The topological polar surface area (TPSA) is 92.4 Å². The average molecular weight is 376 g/mol. The van der Waals surface area contributed by atoms with Gasteiger partial charge in [-0.3, -0.25) is 9.78 Å². The molecule has 0 aliphatic heterocycles. The largest absolute Gasteiger partial charge is 0.496 e. The number of carboxylic acid groups (broad SMARTS) is 1. The number of benzene rings is 2. The zero-order valence-electron chi connectivity index (χ0n) is 15.6. The molecule has 0 saturated carbocycles. The van der Waals surface area contributed by atoms with E-state index in [1.807, 2.05) is 36.4 Å². The Bertz CT molecular complexity index is 1040. The molecule has 1 heterocycles. The van der Waals surface area contributed by atoms with Crippen LogP contribution in [0.5, 0.6) is 5.75 Å². The second-order valence-corrected chi connectivity index (χ2v) is 6.46. The van der Waals surface area contributed by atoms with Gasteiger partial charge in [0, 0.05) is 30.2 Å². The molecule has 1 aromatic heterocycles. The lowest BCUT2D eigenvalue weighted by molar-refractivity contribution is -0.149. The maximum atomic E-state index is 12.3. The maximum Gasteiger partial charge on any atom is 0.327 e. The van der Waals surface area contributed by atoms with Crippen LogP contribution in [0.1, 0.15) is 17.0 Å². The third kappa shape index (κ3) is 3.28. The molecule has 2 unspecified atom stereocenters. The Morgan fingerprint density at radius 3 is 2.61 bits per heavy atom.